The summed E-state index contributed by atoms with van der Waals surface area (Å²) in [6, 6.07) is 24.5. The molecule has 13 heterocycles. The second kappa shape index (κ2) is 33.9. The van der Waals surface area contributed by atoms with Gasteiger partial charge in [-0.3, -0.25) is 15.0 Å². The molecule has 35 heteroatoms. The Hall–Kier alpha value is -7.72. The summed E-state index contributed by atoms with van der Waals surface area (Å²) in [7, 11) is 0. The quantitative estimate of drug-likeness (QED) is 0.0653. The van der Waals surface area contributed by atoms with Crippen LogP contribution in [0.2, 0.25) is 0 Å². The van der Waals surface area contributed by atoms with E-state index < -0.39 is 24.1 Å². The molecule has 13 rings (SSSR count). The van der Waals surface area contributed by atoms with Gasteiger partial charge < -0.3 is 53.9 Å². The first-order valence-corrected chi connectivity index (χ1v) is 30.4. The molecule has 10 aromatic rings. The third-order valence-electron chi connectivity index (χ3n) is 12.2. The molecule has 24 nitrogen and oxygen atoms in total. The number of nitrogens with zero attached hydrogens (tertiary/aromatic N) is 17. The molecular formula is C55H53Br2F6N19O5S2W. The van der Waals surface area contributed by atoms with E-state index in [9.17, 15) is 26.3 Å². The summed E-state index contributed by atoms with van der Waals surface area (Å²) >= 11 is 9.18. The number of pyridine rings is 3. The van der Waals surface area contributed by atoms with E-state index in [1.165, 1.54) is 28.9 Å². The van der Waals surface area contributed by atoms with Crippen molar-refractivity contribution in [1.82, 2.24) is 65.1 Å². The molecule has 3 aliphatic rings. The van der Waals surface area contributed by atoms with Gasteiger partial charge in [0.25, 0.3) is 0 Å². The first kappa shape index (κ1) is 68.2. The van der Waals surface area contributed by atoms with Crippen LogP contribution in [-0.4, -0.2) is 144 Å². The first-order valence-electron chi connectivity index (χ1n) is 26.8. The smallest absolute Gasteiger partial charge is 0.382 e. The normalized spacial score (nSPS) is 14.0. The van der Waals surface area contributed by atoms with Crippen molar-refractivity contribution in [2.45, 2.75) is 24.2 Å². The predicted molar refractivity (Wildman–Crippen MR) is 327 cm³/mol. The van der Waals surface area contributed by atoms with E-state index in [1.807, 2.05) is 59.5 Å². The molecule has 0 amide bonds. The van der Waals surface area contributed by atoms with Gasteiger partial charge in [0.05, 0.1) is 74.5 Å². The molecular weight excluding hydrogens is 1530 g/mol. The third-order valence-corrected chi connectivity index (χ3v) is 15.8. The number of ether oxygens (including phenoxy) is 3. The van der Waals surface area contributed by atoms with Crippen LogP contribution in [0.4, 0.5) is 72.9 Å². The van der Waals surface area contributed by atoms with Gasteiger partial charge in [0, 0.05) is 113 Å². The molecule has 3 saturated heterocycles. The number of morpholine rings is 3. The minimum absolute atomic E-state index is 0. The van der Waals surface area contributed by atoms with Crippen LogP contribution in [0.15, 0.2) is 148 Å². The van der Waals surface area contributed by atoms with E-state index >= 15 is 0 Å². The number of nitrogen functional groups attached to an aromatic ring is 1. The Morgan fingerprint density at radius 3 is 1.47 bits per heavy atom. The van der Waals surface area contributed by atoms with Crippen molar-refractivity contribution < 1.29 is 70.7 Å². The molecule has 0 atom stereocenters. The van der Waals surface area contributed by atoms with Gasteiger partial charge in [-0.15, -0.1) is 22.7 Å². The molecule has 472 valence electrons. The predicted octanol–water partition coefficient (Wildman–Crippen LogP) is 11.1. The van der Waals surface area contributed by atoms with E-state index in [-0.39, 0.29) is 32.7 Å². The largest absolute Gasteiger partial charge is 0.471 e. The summed E-state index contributed by atoms with van der Waals surface area (Å²) in [5.74, 6) is 3.14. The van der Waals surface area contributed by atoms with Crippen molar-refractivity contribution in [2.75, 3.05) is 110 Å². The minimum atomic E-state index is -4.69. The van der Waals surface area contributed by atoms with Crippen LogP contribution in [-0.2, 0) is 59.5 Å². The van der Waals surface area contributed by atoms with Crippen LogP contribution in [0, 0.1) is 0 Å². The molecule has 0 bridgehead atoms. The maximum atomic E-state index is 12.8. The van der Waals surface area contributed by atoms with Gasteiger partial charge in [-0.05, 0) is 76.6 Å². The zero-order chi connectivity index (χ0) is 62.4. The summed E-state index contributed by atoms with van der Waals surface area (Å²) < 4.78 is 100. The van der Waals surface area contributed by atoms with Crippen molar-refractivity contribution in [1.29, 1.82) is 0 Å². The molecule has 3 N–H and O–H groups in total. The second-order valence-electron chi connectivity index (χ2n) is 18.4. The Morgan fingerprint density at radius 1 is 0.522 bits per heavy atom. The first-order chi connectivity index (χ1) is 43.1. The zero-order valence-corrected chi connectivity index (χ0v) is 54.8. The van der Waals surface area contributed by atoms with Crippen LogP contribution in [0.1, 0.15) is 21.5 Å². The number of nitrogens with two attached hydrogens (primary N) is 1. The summed E-state index contributed by atoms with van der Waals surface area (Å²) in [5.41, 5.74) is 5.18. The van der Waals surface area contributed by atoms with E-state index in [0.717, 1.165) is 103 Å². The molecule has 0 unspecified atom stereocenters. The molecule has 3 aliphatic heterocycles. The van der Waals surface area contributed by atoms with Gasteiger partial charge in [0.1, 0.15) is 45.3 Å². The average molecular weight is 1580 g/mol. The fourth-order valence-electron chi connectivity index (χ4n) is 8.06. The fraction of sp³-hybridized carbons (Fsp3) is 0.291. The minimum Gasteiger partial charge on any atom is -0.382 e. The van der Waals surface area contributed by atoms with Crippen molar-refractivity contribution in [2.24, 2.45) is 0 Å². The molecule has 0 aromatic carbocycles. The van der Waals surface area contributed by atoms with Gasteiger partial charge in [0.2, 0.25) is 11.6 Å². The van der Waals surface area contributed by atoms with E-state index in [0.29, 0.717) is 58.1 Å². The number of nitrogens with one attached hydrogen (secondary N) is 1. The molecule has 10 aromatic heterocycles. The van der Waals surface area contributed by atoms with Crippen LogP contribution in [0.5, 0.6) is 0 Å². The number of thiophene rings is 2. The number of halogens is 8. The molecule has 3 fully saturated rings. The van der Waals surface area contributed by atoms with Crippen molar-refractivity contribution in [3.63, 3.8) is 0 Å². The SMILES string of the molecule is Brc1cccc(N2CCOCC2)n1.FC(F)(F)c1nc(-c2ccc(CBr)s2)no1.FC(F)(F)c1nc(-c2ccc(CN(c3cnccn3)c3cccc(N4CCOCC4)n3)s2)no1.Nc1cnccn1.[W].c1cc(Nc2cnccn2)nc(N2CCOCC2)c1. The summed E-state index contributed by atoms with van der Waals surface area (Å²) in [6.07, 6.45) is 5.10. The van der Waals surface area contributed by atoms with E-state index in [4.69, 9.17) is 24.9 Å². The summed E-state index contributed by atoms with van der Waals surface area (Å²) in [6.45, 7) is 9.88. The molecule has 0 aliphatic carbocycles. The van der Waals surface area contributed by atoms with Crippen molar-refractivity contribution in [3.05, 3.63) is 161 Å². The molecule has 0 radical (unpaired) electrons. The Bertz CT molecular complexity index is 3720. The van der Waals surface area contributed by atoms with Gasteiger partial charge in [-0.1, -0.05) is 44.4 Å². The Kier molecular flexibility index (Phi) is 25.7. The Labute approximate surface area is 549 Å². The monoisotopic (exact) mass is 1580 g/mol. The number of alkyl halides is 7. The number of anilines is 8. The second-order valence-corrected chi connectivity index (χ2v) is 22.1. The van der Waals surface area contributed by atoms with Gasteiger partial charge >= 0.3 is 24.1 Å². The summed E-state index contributed by atoms with van der Waals surface area (Å²) in [4.78, 5) is 56.0. The van der Waals surface area contributed by atoms with Gasteiger partial charge in [-0.25, -0.2) is 29.9 Å². The van der Waals surface area contributed by atoms with Crippen LogP contribution < -0.4 is 30.7 Å². The average Bonchev–Trinajstić information content (AvgIpc) is 1.67. The summed E-state index contributed by atoms with van der Waals surface area (Å²) in [5, 5.41) is 10.5. The van der Waals surface area contributed by atoms with Crippen LogP contribution >= 0.6 is 54.5 Å². The number of aromatic nitrogens is 13. The Balaban J connectivity index is 0.000000158. The van der Waals surface area contributed by atoms with Crippen molar-refractivity contribution >= 4 is 101 Å². The van der Waals surface area contributed by atoms with Gasteiger partial charge in [-0.2, -0.15) is 36.3 Å². The topological polar surface area (TPSA) is 273 Å². The van der Waals surface area contributed by atoms with Crippen LogP contribution in [0.25, 0.3) is 21.4 Å². The van der Waals surface area contributed by atoms with Gasteiger partial charge in [0.15, 0.2) is 5.82 Å². The molecule has 0 spiro atoms. The van der Waals surface area contributed by atoms with Crippen molar-refractivity contribution in [3.8, 4) is 21.4 Å². The number of hydrogen-bond acceptors (Lipinski definition) is 26. The van der Waals surface area contributed by atoms with E-state index in [1.54, 1.807) is 73.8 Å². The number of rotatable bonds is 12. The number of hydrogen-bond donors (Lipinski definition) is 2. The molecule has 90 heavy (non-hydrogen) atoms. The maximum Gasteiger partial charge on any atom is 0.471 e. The zero-order valence-electron chi connectivity index (χ0n) is 47.1. The standard InChI is InChI=1S/C21H18F3N7O2S.C13H15N5O.C9H11BrN2O.C8H4BrF3N2OS.C4H5N3.W/c22-21(23,24)20-28-19(29-33-20)15-5-4-14(34-15)13-31(18-12-25-6-7-26-18)17-3-1-2-16(27-17)30-8-10-32-11-9-30;1-2-11(16-12-10-14-4-5-15-12)17-13(3-1)18-6-8-19-9-7-18;10-8-2-1-3-9(11-8)12-4-6-13-7-5-12;9-3-4-1-2-5(16-4)6-13-7(15-14-6)8(10,11)12;5-4-3-6-1-2-7-4;/h1-7,12H,8-11,13H2;1-5,10H,6-9H2,(H,15,16,17);1-3H,4-7H2;1-2H,3H2;1-3H,(H2,5,7);. The molecule has 0 saturated carbocycles. The Morgan fingerprint density at radius 2 is 1.01 bits per heavy atom. The maximum absolute atomic E-state index is 12.8. The van der Waals surface area contributed by atoms with E-state index in [2.05, 4.69) is 121 Å². The van der Waals surface area contributed by atoms with Crippen LogP contribution in [0.3, 0.4) is 0 Å². The third kappa shape index (κ3) is 20.7. The fourth-order valence-corrected chi connectivity index (χ4v) is 10.6.